The van der Waals surface area contributed by atoms with Gasteiger partial charge >= 0.3 is 11.9 Å². The van der Waals surface area contributed by atoms with Gasteiger partial charge in [0.1, 0.15) is 13.2 Å². The molecule has 2 unspecified atom stereocenters. The predicted octanol–water partition coefficient (Wildman–Crippen LogP) is 16.8. The summed E-state index contributed by atoms with van der Waals surface area (Å²) in [6.07, 6.45) is 73.1. The number of quaternary nitrogens is 1. The fourth-order valence-electron chi connectivity index (χ4n) is 8.16. The first-order valence-corrected chi connectivity index (χ1v) is 30.4. The molecule has 9 nitrogen and oxygen atoms in total. The molecule has 0 aromatic heterocycles. The summed E-state index contributed by atoms with van der Waals surface area (Å²) in [6.45, 7) is 4.62. The molecule has 0 aliphatic rings. The van der Waals surface area contributed by atoms with Crippen molar-refractivity contribution in [2.75, 3.05) is 47.5 Å². The topological polar surface area (TPSA) is 111 Å². The Bertz CT molecular complexity index is 1550. The molecule has 0 radical (unpaired) electrons. The zero-order valence-corrected chi connectivity index (χ0v) is 48.9. The van der Waals surface area contributed by atoms with E-state index >= 15 is 0 Å². The number of rotatable bonds is 55. The standard InChI is InChI=1S/C66H113NO8/c1-6-8-10-12-14-16-18-20-22-24-25-26-27-28-29-30-31-32-33-34-35-36-37-38-39-41-43-45-47-49-51-53-55-57-64(69)75-62(61-74-66(65(70)71)72-59-58-67(3,4)5)60-73-63(68)56-54-52-50-48-46-44-42-40-23-21-19-17-15-13-11-9-7-2/h8,10,14,16,20-23,25-26,28-29,31-32,34-35,62,66H,6-7,9,11-13,15,17-19,24,27,30,33,36-61H2,1-5H3/b10-8-,16-14-,22-20-,23-21-,26-25-,29-28-,32-31-,35-34-. The molecular weight excluding hydrogens is 935 g/mol. The number of unbranched alkanes of at least 4 members (excludes halogenated alkanes) is 24. The fourth-order valence-corrected chi connectivity index (χ4v) is 8.16. The lowest BCUT2D eigenvalue weighted by atomic mass is 10.0. The summed E-state index contributed by atoms with van der Waals surface area (Å²) in [6, 6.07) is 0. The largest absolute Gasteiger partial charge is 0.545 e. The maximum Gasteiger partial charge on any atom is 0.306 e. The van der Waals surface area contributed by atoms with Crippen LogP contribution in [0.15, 0.2) is 97.2 Å². The molecule has 0 saturated heterocycles. The van der Waals surface area contributed by atoms with Gasteiger partial charge in [-0.1, -0.05) is 233 Å². The molecule has 0 aliphatic heterocycles. The van der Waals surface area contributed by atoms with Crippen LogP contribution in [-0.4, -0.2) is 82.3 Å². The van der Waals surface area contributed by atoms with Crippen LogP contribution in [0.4, 0.5) is 0 Å². The number of aliphatic carboxylic acids is 1. The third-order valence-electron chi connectivity index (χ3n) is 12.8. The maximum atomic E-state index is 12.9. The van der Waals surface area contributed by atoms with Crippen molar-refractivity contribution < 1.29 is 42.9 Å². The minimum absolute atomic E-state index is 0.143. The van der Waals surface area contributed by atoms with E-state index in [2.05, 4.69) is 111 Å². The number of hydrogen-bond donors (Lipinski definition) is 0. The number of carboxylic acids is 1. The Kier molecular flexibility index (Phi) is 53.6. The lowest BCUT2D eigenvalue weighted by Crippen LogP contribution is -2.44. The molecule has 0 saturated carbocycles. The van der Waals surface area contributed by atoms with E-state index in [1.165, 1.54) is 109 Å². The highest BCUT2D eigenvalue weighted by atomic mass is 16.7. The Labute approximate surface area is 461 Å². The Morgan fingerprint density at radius 2 is 0.760 bits per heavy atom. The van der Waals surface area contributed by atoms with E-state index in [1.807, 2.05) is 21.1 Å². The average molecular weight is 1050 g/mol. The molecule has 0 aliphatic carbocycles. The molecule has 0 heterocycles. The van der Waals surface area contributed by atoms with Crippen LogP contribution in [0.25, 0.3) is 0 Å². The Morgan fingerprint density at radius 1 is 0.413 bits per heavy atom. The normalized spacial score (nSPS) is 13.5. The van der Waals surface area contributed by atoms with Gasteiger partial charge in [0.15, 0.2) is 12.4 Å². The van der Waals surface area contributed by atoms with Gasteiger partial charge in [-0.25, -0.2) is 0 Å². The van der Waals surface area contributed by atoms with Crippen LogP contribution in [0.1, 0.15) is 245 Å². The zero-order valence-electron chi connectivity index (χ0n) is 48.9. The first-order valence-electron chi connectivity index (χ1n) is 30.4. The van der Waals surface area contributed by atoms with E-state index in [4.69, 9.17) is 18.9 Å². The number of likely N-dealkylation sites (N-methyl/N-ethyl adjacent to an activating group) is 1. The van der Waals surface area contributed by atoms with E-state index in [-0.39, 0.29) is 38.6 Å². The summed E-state index contributed by atoms with van der Waals surface area (Å²) in [7, 11) is 5.92. The van der Waals surface area contributed by atoms with Crippen LogP contribution >= 0.6 is 0 Å². The second kappa shape index (κ2) is 56.4. The Balaban J connectivity index is 4.20. The van der Waals surface area contributed by atoms with Crippen LogP contribution in [0.5, 0.6) is 0 Å². The van der Waals surface area contributed by atoms with Gasteiger partial charge in [-0.2, -0.15) is 0 Å². The highest BCUT2D eigenvalue weighted by molar-refractivity contribution is 5.70. The van der Waals surface area contributed by atoms with Crippen molar-refractivity contribution in [3.63, 3.8) is 0 Å². The van der Waals surface area contributed by atoms with Crippen LogP contribution in [0.2, 0.25) is 0 Å². The van der Waals surface area contributed by atoms with Gasteiger partial charge in [0.2, 0.25) is 0 Å². The Morgan fingerprint density at radius 3 is 1.15 bits per heavy atom. The SMILES string of the molecule is CC/C=C\C/C=C\C/C=C\C/C=C\C/C=C\C/C=C\C/C=C\CCCCCCCCCCCCCC(=O)OC(COC(=O)CCCCCCCCC/C=C\CCCCCCCC)COC(OCC[N+](C)(C)C)C(=O)[O-]. The van der Waals surface area contributed by atoms with Crippen molar-refractivity contribution in [2.24, 2.45) is 0 Å². The van der Waals surface area contributed by atoms with Crippen molar-refractivity contribution >= 4 is 17.9 Å². The molecule has 0 amide bonds. The van der Waals surface area contributed by atoms with Crippen molar-refractivity contribution in [1.29, 1.82) is 0 Å². The van der Waals surface area contributed by atoms with Gasteiger partial charge in [0.25, 0.3) is 0 Å². The third-order valence-corrected chi connectivity index (χ3v) is 12.8. The number of carbonyl (C=O) groups is 3. The summed E-state index contributed by atoms with van der Waals surface area (Å²) < 4.78 is 22.7. The second-order valence-electron chi connectivity index (χ2n) is 21.3. The summed E-state index contributed by atoms with van der Waals surface area (Å²) in [5.74, 6) is -2.29. The van der Waals surface area contributed by atoms with E-state index in [9.17, 15) is 19.5 Å². The van der Waals surface area contributed by atoms with Crippen LogP contribution in [0, 0.1) is 0 Å². The predicted molar refractivity (Wildman–Crippen MR) is 315 cm³/mol. The van der Waals surface area contributed by atoms with Crippen molar-refractivity contribution in [3.05, 3.63) is 97.2 Å². The monoisotopic (exact) mass is 1050 g/mol. The summed E-state index contributed by atoms with van der Waals surface area (Å²) >= 11 is 0. The molecule has 9 heteroatoms. The van der Waals surface area contributed by atoms with Gasteiger partial charge in [-0.3, -0.25) is 9.59 Å². The smallest absolute Gasteiger partial charge is 0.306 e. The van der Waals surface area contributed by atoms with Gasteiger partial charge in [-0.05, 0) is 96.3 Å². The van der Waals surface area contributed by atoms with Gasteiger partial charge in [0.05, 0.1) is 40.3 Å². The van der Waals surface area contributed by atoms with E-state index in [1.54, 1.807) is 0 Å². The van der Waals surface area contributed by atoms with Crippen molar-refractivity contribution in [2.45, 2.75) is 257 Å². The zero-order chi connectivity index (χ0) is 54.8. The molecule has 0 bridgehead atoms. The van der Waals surface area contributed by atoms with Gasteiger partial charge in [-0.15, -0.1) is 0 Å². The number of carbonyl (C=O) groups excluding carboxylic acids is 3. The molecule has 0 aromatic rings. The minimum Gasteiger partial charge on any atom is -0.545 e. The molecule has 75 heavy (non-hydrogen) atoms. The number of esters is 2. The molecule has 0 aromatic carbocycles. The highest BCUT2D eigenvalue weighted by Crippen LogP contribution is 2.15. The summed E-state index contributed by atoms with van der Waals surface area (Å²) in [5.41, 5.74) is 0. The summed E-state index contributed by atoms with van der Waals surface area (Å²) in [4.78, 5) is 37.3. The third kappa shape index (κ3) is 57.7. The molecular formula is C66H113NO8. The lowest BCUT2D eigenvalue weighted by Gasteiger charge is -2.26. The van der Waals surface area contributed by atoms with Crippen LogP contribution in [0.3, 0.4) is 0 Å². The Hall–Kier alpha value is -3.79. The van der Waals surface area contributed by atoms with Crippen LogP contribution in [-0.2, 0) is 33.3 Å². The highest BCUT2D eigenvalue weighted by Gasteiger charge is 2.22. The van der Waals surface area contributed by atoms with Crippen molar-refractivity contribution in [1.82, 2.24) is 0 Å². The number of hydrogen-bond acceptors (Lipinski definition) is 8. The van der Waals surface area contributed by atoms with Crippen molar-refractivity contribution in [3.8, 4) is 0 Å². The van der Waals surface area contributed by atoms with E-state index in [0.717, 1.165) is 103 Å². The first-order chi connectivity index (χ1) is 36.6. The number of ether oxygens (including phenoxy) is 4. The summed E-state index contributed by atoms with van der Waals surface area (Å²) in [5, 5.41) is 11.8. The fraction of sp³-hybridized carbons (Fsp3) is 0.712. The molecule has 0 spiro atoms. The number of nitrogens with zero attached hydrogens (tertiary/aromatic N) is 1. The quantitative estimate of drug-likeness (QED) is 0.0195. The van der Waals surface area contributed by atoms with Gasteiger partial charge in [0, 0.05) is 12.8 Å². The second-order valence-corrected chi connectivity index (χ2v) is 21.3. The first kappa shape index (κ1) is 71.2. The lowest BCUT2D eigenvalue weighted by molar-refractivity contribution is -0.870. The van der Waals surface area contributed by atoms with Gasteiger partial charge < -0.3 is 33.3 Å². The minimum atomic E-state index is -1.63. The molecule has 2 atom stereocenters. The molecule has 430 valence electrons. The molecule has 0 rings (SSSR count). The molecule has 0 N–H and O–H groups in total. The van der Waals surface area contributed by atoms with Crippen LogP contribution < -0.4 is 5.11 Å². The average Bonchev–Trinajstić information content (AvgIpc) is 3.38. The van der Waals surface area contributed by atoms with E-state index < -0.39 is 24.3 Å². The maximum absolute atomic E-state index is 12.9. The number of allylic oxidation sites excluding steroid dienone is 16. The van der Waals surface area contributed by atoms with E-state index in [0.29, 0.717) is 17.4 Å². The molecule has 0 fully saturated rings. The number of carboxylic acid groups (broad SMARTS) is 1.